The van der Waals surface area contributed by atoms with E-state index in [9.17, 15) is 4.79 Å². The Balaban J connectivity index is 2.13. The topological polar surface area (TPSA) is 37.3 Å². The van der Waals surface area contributed by atoms with Gasteiger partial charge >= 0.3 is 5.97 Å². The molecule has 3 radical (unpaired) electrons. The summed E-state index contributed by atoms with van der Waals surface area (Å²) in [6, 6.07) is 0. The average molecular weight is 139 g/mol. The molecular weight excluding hydrogens is 132 g/mol. The molecule has 0 unspecified atom stereocenters. The van der Waals surface area contributed by atoms with Crippen molar-refractivity contribution in [1.82, 2.24) is 0 Å². The highest BCUT2D eigenvalue weighted by atomic mass is 28.1. The summed E-state index contributed by atoms with van der Waals surface area (Å²) in [6.45, 7) is 0. The fourth-order valence-electron chi connectivity index (χ4n) is 2.01. The van der Waals surface area contributed by atoms with E-state index in [1.165, 1.54) is 0 Å². The Kier molecular flexibility index (Phi) is 0.668. The zero-order valence-corrected chi connectivity index (χ0v) is 5.98. The van der Waals surface area contributed by atoms with Gasteiger partial charge in [-0.25, -0.2) is 0 Å². The first-order valence-corrected chi connectivity index (χ1v) is 3.55. The Morgan fingerprint density at radius 1 is 1.44 bits per heavy atom. The van der Waals surface area contributed by atoms with Gasteiger partial charge in [-0.05, 0) is 24.3 Å². The molecule has 0 heterocycles. The summed E-state index contributed by atoms with van der Waals surface area (Å²) in [6.07, 6.45) is 2.52. The van der Waals surface area contributed by atoms with Crippen molar-refractivity contribution in [3.8, 4) is 0 Å². The van der Waals surface area contributed by atoms with E-state index in [-0.39, 0.29) is 10.5 Å². The van der Waals surface area contributed by atoms with E-state index in [1.807, 2.05) is 0 Å². The zero-order chi connectivity index (χ0) is 6.70. The van der Waals surface area contributed by atoms with Gasteiger partial charge in [0.15, 0.2) is 0 Å². The lowest BCUT2D eigenvalue weighted by Crippen LogP contribution is -2.61. The molecule has 3 aliphatic carbocycles. The fraction of sp³-hybridized carbons (Fsp3) is 0.833. The molecule has 0 aromatic rings. The minimum Gasteiger partial charge on any atom is -0.481 e. The molecule has 0 atom stereocenters. The van der Waals surface area contributed by atoms with Crippen molar-refractivity contribution < 1.29 is 9.90 Å². The first-order valence-electron chi connectivity index (χ1n) is 3.05. The SMILES string of the molecule is O=C(O)C12CC([Si])(C1)C2. The van der Waals surface area contributed by atoms with E-state index >= 15 is 0 Å². The molecular formula is C6H7O2Si. The Labute approximate surface area is 56.7 Å². The lowest BCUT2D eigenvalue weighted by molar-refractivity contribution is -0.179. The highest BCUT2D eigenvalue weighted by molar-refractivity contribution is 6.19. The van der Waals surface area contributed by atoms with E-state index in [2.05, 4.69) is 10.2 Å². The summed E-state index contributed by atoms with van der Waals surface area (Å²) < 4.78 is 0. The molecule has 0 amide bonds. The molecule has 3 heteroatoms. The van der Waals surface area contributed by atoms with E-state index < -0.39 is 5.97 Å². The predicted molar refractivity (Wildman–Crippen MR) is 32.4 cm³/mol. The molecule has 3 fully saturated rings. The molecule has 1 N–H and O–H groups in total. The Hall–Kier alpha value is -0.313. The van der Waals surface area contributed by atoms with Gasteiger partial charge in [-0.2, -0.15) is 0 Å². The van der Waals surface area contributed by atoms with Gasteiger partial charge < -0.3 is 5.11 Å². The van der Waals surface area contributed by atoms with Crippen LogP contribution in [0.15, 0.2) is 0 Å². The van der Waals surface area contributed by atoms with E-state index in [0.717, 1.165) is 19.3 Å². The van der Waals surface area contributed by atoms with Gasteiger partial charge in [0.25, 0.3) is 0 Å². The minimum atomic E-state index is -0.609. The summed E-state index contributed by atoms with van der Waals surface area (Å²) in [5, 5.41) is 8.86. The highest BCUT2D eigenvalue weighted by Crippen LogP contribution is 2.76. The second kappa shape index (κ2) is 1.10. The van der Waals surface area contributed by atoms with Crippen molar-refractivity contribution in [2.45, 2.75) is 24.3 Å². The molecule has 3 saturated carbocycles. The molecule has 3 rings (SSSR count). The Morgan fingerprint density at radius 2 is 1.89 bits per heavy atom. The van der Waals surface area contributed by atoms with Crippen LogP contribution in [0.2, 0.25) is 5.04 Å². The normalized spacial score (nSPS) is 53.4. The highest BCUT2D eigenvalue weighted by Gasteiger charge is 2.69. The molecule has 0 aromatic carbocycles. The number of aliphatic carboxylic acids is 1. The van der Waals surface area contributed by atoms with Crippen molar-refractivity contribution in [2.75, 3.05) is 0 Å². The number of rotatable bonds is 1. The Bertz CT molecular complexity index is 168. The van der Waals surface area contributed by atoms with Crippen LogP contribution < -0.4 is 0 Å². The van der Waals surface area contributed by atoms with Crippen LogP contribution in [-0.4, -0.2) is 21.3 Å². The molecule has 2 nitrogen and oxygen atoms in total. The summed E-state index contributed by atoms with van der Waals surface area (Å²) in [5.74, 6) is -0.609. The maximum absolute atomic E-state index is 10.5. The van der Waals surface area contributed by atoms with Crippen LogP contribution in [-0.2, 0) is 4.79 Å². The van der Waals surface area contributed by atoms with Crippen molar-refractivity contribution >= 4 is 16.2 Å². The van der Waals surface area contributed by atoms with Crippen molar-refractivity contribution in [3.05, 3.63) is 0 Å². The summed E-state index contributed by atoms with van der Waals surface area (Å²) in [7, 11) is 3.52. The summed E-state index contributed by atoms with van der Waals surface area (Å²) in [4.78, 5) is 10.5. The molecule has 0 aliphatic heterocycles. The number of carbonyl (C=O) groups is 1. The van der Waals surface area contributed by atoms with Gasteiger partial charge in [0, 0.05) is 10.2 Å². The lowest BCUT2D eigenvalue weighted by atomic mass is 9.43. The number of carboxylic acids is 1. The third kappa shape index (κ3) is 0.443. The van der Waals surface area contributed by atoms with Crippen LogP contribution in [0.1, 0.15) is 19.3 Å². The molecule has 47 valence electrons. The standard InChI is InChI=1S/C6H7O2Si/c7-4(8)5-1-6(9,2-5)3-5/h1-3H2,(H,7,8). The molecule has 3 aliphatic rings. The van der Waals surface area contributed by atoms with E-state index in [1.54, 1.807) is 0 Å². The quantitative estimate of drug-likeness (QED) is 0.540. The second-order valence-electron chi connectivity index (χ2n) is 3.40. The van der Waals surface area contributed by atoms with Gasteiger partial charge in [0.1, 0.15) is 0 Å². The van der Waals surface area contributed by atoms with Crippen molar-refractivity contribution in [3.63, 3.8) is 0 Å². The summed E-state index contributed by atoms with van der Waals surface area (Å²) in [5.41, 5.74) is -0.304. The third-order valence-corrected chi connectivity index (χ3v) is 3.01. The Morgan fingerprint density at radius 3 is 2.00 bits per heavy atom. The molecule has 0 saturated heterocycles. The van der Waals surface area contributed by atoms with E-state index in [0.29, 0.717) is 0 Å². The monoisotopic (exact) mass is 139 g/mol. The summed E-state index contributed by atoms with van der Waals surface area (Å²) >= 11 is 0. The lowest BCUT2D eigenvalue weighted by Gasteiger charge is -2.66. The number of carboxylic acid groups (broad SMARTS) is 1. The largest absolute Gasteiger partial charge is 0.481 e. The van der Waals surface area contributed by atoms with E-state index in [4.69, 9.17) is 5.11 Å². The smallest absolute Gasteiger partial charge is 0.309 e. The van der Waals surface area contributed by atoms with Crippen LogP contribution in [0.25, 0.3) is 0 Å². The van der Waals surface area contributed by atoms with Crippen LogP contribution in [0, 0.1) is 5.41 Å². The third-order valence-electron chi connectivity index (χ3n) is 2.48. The van der Waals surface area contributed by atoms with Gasteiger partial charge in [-0.3, -0.25) is 4.79 Å². The predicted octanol–water partition coefficient (Wildman–Crippen LogP) is 0.582. The van der Waals surface area contributed by atoms with Crippen LogP contribution in [0.5, 0.6) is 0 Å². The minimum absolute atomic E-state index is 0.235. The van der Waals surface area contributed by atoms with Crippen molar-refractivity contribution in [2.24, 2.45) is 5.41 Å². The maximum atomic E-state index is 10.5. The van der Waals surface area contributed by atoms with Crippen LogP contribution in [0.4, 0.5) is 0 Å². The first-order chi connectivity index (χ1) is 4.06. The number of hydrogen-bond acceptors (Lipinski definition) is 1. The second-order valence-corrected chi connectivity index (χ2v) is 4.46. The van der Waals surface area contributed by atoms with Crippen LogP contribution >= 0.6 is 0 Å². The van der Waals surface area contributed by atoms with Gasteiger partial charge in [-0.15, -0.1) is 0 Å². The average Bonchev–Trinajstić information content (AvgIpc) is 1.54. The van der Waals surface area contributed by atoms with Gasteiger partial charge in [0.05, 0.1) is 5.41 Å². The fourth-order valence-corrected chi connectivity index (χ4v) is 3.03. The molecule has 2 bridgehead atoms. The molecule has 9 heavy (non-hydrogen) atoms. The van der Waals surface area contributed by atoms with Crippen LogP contribution in [0.3, 0.4) is 0 Å². The zero-order valence-electron chi connectivity index (χ0n) is 4.98. The molecule has 0 aromatic heterocycles. The number of hydrogen-bond donors (Lipinski definition) is 1. The molecule has 0 spiro atoms. The first kappa shape index (κ1) is 5.47. The van der Waals surface area contributed by atoms with Gasteiger partial charge in [0.2, 0.25) is 0 Å². The maximum Gasteiger partial charge on any atom is 0.309 e. The van der Waals surface area contributed by atoms with Gasteiger partial charge in [-0.1, -0.05) is 0 Å². The van der Waals surface area contributed by atoms with Crippen molar-refractivity contribution in [1.29, 1.82) is 0 Å².